The van der Waals surface area contributed by atoms with Crippen molar-refractivity contribution in [3.63, 3.8) is 0 Å². The van der Waals surface area contributed by atoms with E-state index in [9.17, 15) is 0 Å². The minimum Gasteiger partial charge on any atom is -0.335 e. The average molecular weight is 224 g/mol. The second kappa shape index (κ2) is 2.97. The molecule has 4 nitrogen and oxygen atoms in total. The largest absolute Gasteiger partial charge is 0.335 e. The van der Waals surface area contributed by atoms with Gasteiger partial charge < -0.3 is 4.90 Å². The molecule has 1 aromatic heterocycles. The fourth-order valence-corrected chi connectivity index (χ4v) is 2.71. The molecular formula is C13H12N4. The number of fused-ring (bicyclic) bond motifs is 5. The molecule has 0 saturated carbocycles. The highest BCUT2D eigenvalue weighted by Gasteiger charge is 2.37. The smallest absolute Gasteiger partial charge is 0.208 e. The Bertz CT molecular complexity index is 652. The molecule has 17 heavy (non-hydrogen) atoms. The Morgan fingerprint density at radius 2 is 2.12 bits per heavy atom. The summed E-state index contributed by atoms with van der Waals surface area (Å²) >= 11 is 0. The summed E-state index contributed by atoms with van der Waals surface area (Å²) in [5.41, 5.74) is 2.20. The van der Waals surface area contributed by atoms with Crippen LogP contribution in [0.4, 0.5) is 5.95 Å². The number of aromatic nitrogens is 2. The van der Waals surface area contributed by atoms with Crippen molar-refractivity contribution in [2.45, 2.75) is 12.2 Å². The van der Waals surface area contributed by atoms with Gasteiger partial charge in [0, 0.05) is 13.3 Å². The van der Waals surface area contributed by atoms with E-state index in [1.54, 1.807) is 0 Å². The third-order valence-electron chi connectivity index (χ3n) is 3.54. The van der Waals surface area contributed by atoms with Crippen molar-refractivity contribution < 1.29 is 0 Å². The number of imidazole rings is 1. The van der Waals surface area contributed by atoms with Crippen LogP contribution in [0, 0.1) is 0 Å². The SMILES string of the molecule is CN1c2nc3ccccc3n2C2N=CC=CC21. The Hall–Kier alpha value is -2.10. The summed E-state index contributed by atoms with van der Waals surface area (Å²) in [7, 11) is 2.08. The van der Waals surface area contributed by atoms with Gasteiger partial charge in [-0.25, -0.2) is 4.98 Å². The van der Waals surface area contributed by atoms with Gasteiger partial charge >= 0.3 is 0 Å². The van der Waals surface area contributed by atoms with Gasteiger partial charge in [-0.05, 0) is 18.2 Å². The van der Waals surface area contributed by atoms with Crippen LogP contribution in [0.5, 0.6) is 0 Å². The van der Waals surface area contributed by atoms with Crippen LogP contribution in [0.1, 0.15) is 6.17 Å². The molecule has 0 saturated heterocycles. The maximum absolute atomic E-state index is 4.68. The third-order valence-corrected chi connectivity index (χ3v) is 3.54. The predicted molar refractivity (Wildman–Crippen MR) is 68.6 cm³/mol. The molecule has 2 atom stereocenters. The van der Waals surface area contributed by atoms with Gasteiger partial charge in [0.1, 0.15) is 0 Å². The minimum absolute atomic E-state index is 0.132. The van der Waals surface area contributed by atoms with Crippen LogP contribution in [-0.2, 0) is 0 Å². The molecule has 0 spiro atoms. The van der Waals surface area contributed by atoms with E-state index in [2.05, 4.69) is 38.6 Å². The standard InChI is InChI=1S/C13H12N4/c1-16-11-7-4-8-14-12(11)17-10-6-3-2-5-9(10)15-13(16)17/h2-8,11-12H,1H3. The summed E-state index contributed by atoms with van der Waals surface area (Å²) in [6.45, 7) is 0. The van der Waals surface area contributed by atoms with E-state index < -0.39 is 0 Å². The van der Waals surface area contributed by atoms with Gasteiger partial charge in [-0.1, -0.05) is 18.2 Å². The molecule has 0 radical (unpaired) electrons. The molecule has 2 aliphatic rings. The highest BCUT2D eigenvalue weighted by molar-refractivity contribution is 5.81. The summed E-state index contributed by atoms with van der Waals surface area (Å²) in [6, 6.07) is 8.52. The van der Waals surface area contributed by atoms with E-state index in [0.717, 1.165) is 17.0 Å². The van der Waals surface area contributed by atoms with Crippen LogP contribution in [-0.4, -0.2) is 28.9 Å². The Kier molecular flexibility index (Phi) is 1.57. The van der Waals surface area contributed by atoms with Gasteiger partial charge in [-0.2, -0.15) is 0 Å². The number of dihydropyridines is 1. The summed E-state index contributed by atoms with van der Waals surface area (Å²) in [5.74, 6) is 1.00. The lowest BCUT2D eigenvalue weighted by atomic mass is 10.1. The molecule has 4 heteroatoms. The number of likely N-dealkylation sites (N-methyl/N-ethyl adjacent to an activating group) is 1. The van der Waals surface area contributed by atoms with E-state index in [0.29, 0.717) is 6.04 Å². The first-order valence-electron chi connectivity index (χ1n) is 5.76. The monoisotopic (exact) mass is 224 g/mol. The fourth-order valence-electron chi connectivity index (χ4n) is 2.71. The molecule has 4 rings (SSSR count). The maximum Gasteiger partial charge on any atom is 0.208 e. The number of anilines is 1. The molecule has 84 valence electrons. The quantitative estimate of drug-likeness (QED) is 0.685. The van der Waals surface area contributed by atoms with Crippen molar-refractivity contribution >= 4 is 23.2 Å². The zero-order chi connectivity index (χ0) is 11.4. The molecule has 0 bridgehead atoms. The van der Waals surface area contributed by atoms with E-state index in [1.165, 1.54) is 0 Å². The molecule has 0 fully saturated rings. The van der Waals surface area contributed by atoms with Crippen LogP contribution in [0.3, 0.4) is 0 Å². The zero-order valence-electron chi connectivity index (χ0n) is 9.49. The number of allylic oxidation sites excluding steroid dienone is 1. The van der Waals surface area contributed by atoms with Crippen LogP contribution in [0.25, 0.3) is 11.0 Å². The predicted octanol–water partition coefficient (Wildman–Crippen LogP) is 1.99. The summed E-state index contributed by atoms with van der Waals surface area (Å²) in [6.07, 6.45) is 6.19. The first kappa shape index (κ1) is 8.98. The number of para-hydroxylation sites is 2. The summed E-state index contributed by atoms with van der Waals surface area (Å²) in [5, 5.41) is 0. The van der Waals surface area contributed by atoms with Crippen LogP contribution in [0.2, 0.25) is 0 Å². The first-order valence-corrected chi connectivity index (χ1v) is 5.76. The van der Waals surface area contributed by atoms with Gasteiger partial charge in [-0.15, -0.1) is 0 Å². The van der Waals surface area contributed by atoms with E-state index in [1.807, 2.05) is 30.5 Å². The molecule has 2 unspecified atom stereocenters. The molecule has 1 aromatic carbocycles. The molecule has 0 N–H and O–H groups in total. The number of hydrogen-bond donors (Lipinski definition) is 0. The van der Waals surface area contributed by atoms with Crippen LogP contribution in [0.15, 0.2) is 41.4 Å². The van der Waals surface area contributed by atoms with Crippen molar-refractivity contribution in [3.05, 3.63) is 36.4 Å². The van der Waals surface area contributed by atoms with E-state index in [-0.39, 0.29) is 6.17 Å². The van der Waals surface area contributed by atoms with Gasteiger partial charge in [0.2, 0.25) is 5.95 Å². The van der Waals surface area contributed by atoms with Gasteiger partial charge in [0.15, 0.2) is 6.17 Å². The fraction of sp³-hybridized carbons (Fsp3) is 0.231. The Balaban J connectivity index is 2.03. The number of hydrogen-bond acceptors (Lipinski definition) is 3. The Morgan fingerprint density at radius 3 is 3.06 bits per heavy atom. The zero-order valence-corrected chi connectivity index (χ0v) is 9.49. The van der Waals surface area contributed by atoms with E-state index in [4.69, 9.17) is 0 Å². The molecule has 2 aromatic rings. The van der Waals surface area contributed by atoms with Gasteiger partial charge in [0.25, 0.3) is 0 Å². The number of aliphatic imine (C=N–C) groups is 1. The summed E-state index contributed by atoms with van der Waals surface area (Å²) < 4.78 is 2.22. The highest BCUT2D eigenvalue weighted by Crippen LogP contribution is 2.38. The van der Waals surface area contributed by atoms with Gasteiger partial charge in [0.05, 0.1) is 17.1 Å². The molecule has 2 aliphatic heterocycles. The Morgan fingerprint density at radius 1 is 1.24 bits per heavy atom. The first-order chi connectivity index (χ1) is 8.36. The topological polar surface area (TPSA) is 33.4 Å². The summed E-state index contributed by atoms with van der Waals surface area (Å²) in [4.78, 5) is 11.4. The molecular weight excluding hydrogens is 212 g/mol. The molecule has 3 heterocycles. The molecule has 0 amide bonds. The van der Waals surface area contributed by atoms with Crippen LogP contribution >= 0.6 is 0 Å². The van der Waals surface area contributed by atoms with Crippen molar-refractivity contribution in [1.29, 1.82) is 0 Å². The second-order valence-electron chi connectivity index (χ2n) is 4.47. The second-order valence-corrected chi connectivity index (χ2v) is 4.47. The molecule has 0 aliphatic carbocycles. The van der Waals surface area contributed by atoms with Crippen molar-refractivity contribution in [2.75, 3.05) is 11.9 Å². The van der Waals surface area contributed by atoms with Crippen LogP contribution < -0.4 is 4.90 Å². The maximum atomic E-state index is 4.68. The lowest BCUT2D eigenvalue weighted by Gasteiger charge is -2.21. The highest BCUT2D eigenvalue weighted by atomic mass is 15.4. The lowest BCUT2D eigenvalue weighted by Crippen LogP contribution is -2.30. The van der Waals surface area contributed by atoms with Crippen molar-refractivity contribution in [2.24, 2.45) is 4.99 Å². The lowest BCUT2D eigenvalue weighted by molar-refractivity contribution is 0.539. The number of nitrogens with zero attached hydrogens (tertiary/aromatic N) is 4. The normalized spacial score (nSPS) is 25.4. The minimum atomic E-state index is 0.132. The third kappa shape index (κ3) is 1.02. The Labute approximate surface area is 98.9 Å². The number of benzene rings is 1. The van der Waals surface area contributed by atoms with Crippen molar-refractivity contribution in [1.82, 2.24) is 9.55 Å². The van der Waals surface area contributed by atoms with Crippen molar-refractivity contribution in [3.8, 4) is 0 Å². The number of rotatable bonds is 0. The van der Waals surface area contributed by atoms with E-state index >= 15 is 0 Å². The average Bonchev–Trinajstić information content (AvgIpc) is 2.88. The van der Waals surface area contributed by atoms with Gasteiger partial charge in [-0.3, -0.25) is 9.56 Å².